The van der Waals surface area contributed by atoms with E-state index in [0.717, 1.165) is 23.3 Å². The summed E-state index contributed by atoms with van der Waals surface area (Å²) in [5.74, 6) is 0.179. The van der Waals surface area contributed by atoms with Crippen molar-refractivity contribution < 1.29 is 4.79 Å². The van der Waals surface area contributed by atoms with Gasteiger partial charge >= 0.3 is 0 Å². The van der Waals surface area contributed by atoms with Crippen molar-refractivity contribution in [1.82, 2.24) is 0 Å². The Morgan fingerprint density at radius 2 is 1.89 bits per heavy atom. The van der Waals surface area contributed by atoms with Gasteiger partial charge in [0, 0.05) is 10.4 Å². The fourth-order valence-corrected chi connectivity index (χ4v) is 3.62. The van der Waals surface area contributed by atoms with E-state index in [-0.39, 0.29) is 5.78 Å². The molecule has 1 aromatic heterocycles. The van der Waals surface area contributed by atoms with Crippen LogP contribution in [-0.2, 0) is 19.3 Å². The lowest BCUT2D eigenvalue weighted by Crippen LogP contribution is -2.06. The third-order valence-corrected chi connectivity index (χ3v) is 5.07. The molecule has 0 saturated heterocycles. The van der Waals surface area contributed by atoms with Crippen LogP contribution in [0.4, 0.5) is 0 Å². The summed E-state index contributed by atoms with van der Waals surface area (Å²) in [5.41, 5.74) is 3.66. The molecule has 19 heavy (non-hydrogen) atoms. The third-order valence-electron chi connectivity index (χ3n) is 3.84. The van der Waals surface area contributed by atoms with Gasteiger partial charge in [-0.2, -0.15) is 0 Å². The Hall–Kier alpha value is -1.41. The number of fused-ring (bicyclic) bond motifs is 1. The zero-order valence-corrected chi connectivity index (χ0v) is 12.1. The molecule has 1 aromatic carbocycles. The average molecular weight is 270 g/mol. The van der Waals surface area contributed by atoms with Crippen LogP contribution in [0, 0.1) is 0 Å². The Kier molecular flexibility index (Phi) is 3.52. The van der Waals surface area contributed by atoms with Crippen LogP contribution in [0.5, 0.6) is 0 Å². The molecule has 0 radical (unpaired) electrons. The molecule has 1 nitrogen and oxygen atoms in total. The van der Waals surface area contributed by atoms with Gasteiger partial charge in [-0.05, 0) is 61.4 Å². The second-order valence-corrected chi connectivity index (χ2v) is 6.31. The van der Waals surface area contributed by atoms with Crippen molar-refractivity contribution in [3.8, 4) is 0 Å². The monoisotopic (exact) mass is 270 g/mol. The molecule has 0 unspecified atom stereocenters. The molecule has 0 N–H and O–H groups in total. The predicted molar refractivity (Wildman–Crippen MR) is 80.2 cm³/mol. The van der Waals surface area contributed by atoms with Gasteiger partial charge in [0.05, 0.1) is 4.88 Å². The smallest absolute Gasteiger partial charge is 0.202 e. The summed E-state index contributed by atoms with van der Waals surface area (Å²) >= 11 is 1.62. The number of ketones is 1. The van der Waals surface area contributed by atoms with Gasteiger partial charge in [-0.1, -0.05) is 19.1 Å². The molecule has 98 valence electrons. The SMILES string of the molecule is CCc1ccc(C(=O)c2ccc3c(c2)CCCC3)s1. The highest BCUT2D eigenvalue weighted by Crippen LogP contribution is 2.25. The summed E-state index contributed by atoms with van der Waals surface area (Å²) in [6, 6.07) is 10.3. The molecule has 1 aliphatic carbocycles. The molecule has 0 bridgehead atoms. The van der Waals surface area contributed by atoms with Gasteiger partial charge in [-0.15, -0.1) is 11.3 Å². The van der Waals surface area contributed by atoms with E-state index in [1.54, 1.807) is 11.3 Å². The summed E-state index contributed by atoms with van der Waals surface area (Å²) in [7, 11) is 0. The van der Waals surface area contributed by atoms with Crippen LogP contribution < -0.4 is 0 Å². The zero-order valence-electron chi connectivity index (χ0n) is 11.2. The first-order chi connectivity index (χ1) is 9.28. The van der Waals surface area contributed by atoms with E-state index < -0.39 is 0 Å². The molecule has 0 aliphatic heterocycles. The van der Waals surface area contributed by atoms with Crippen LogP contribution in [0.15, 0.2) is 30.3 Å². The maximum atomic E-state index is 12.5. The van der Waals surface area contributed by atoms with Crippen molar-refractivity contribution in [2.45, 2.75) is 39.0 Å². The number of carbonyl (C=O) groups excluding carboxylic acids is 1. The molecule has 1 aliphatic rings. The minimum Gasteiger partial charge on any atom is -0.288 e. The molecule has 1 heterocycles. The second kappa shape index (κ2) is 5.30. The Bertz CT molecular complexity index is 609. The van der Waals surface area contributed by atoms with Crippen molar-refractivity contribution in [3.63, 3.8) is 0 Å². The highest BCUT2D eigenvalue weighted by molar-refractivity contribution is 7.14. The van der Waals surface area contributed by atoms with Crippen LogP contribution in [0.1, 0.15) is 51.0 Å². The highest BCUT2D eigenvalue weighted by Gasteiger charge is 2.15. The normalized spacial score (nSPS) is 14.2. The molecule has 3 rings (SSSR count). The molecule has 0 fully saturated rings. The third kappa shape index (κ3) is 2.50. The largest absolute Gasteiger partial charge is 0.288 e. The predicted octanol–water partition coefficient (Wildman–Crippen LogP) is 4.42. The van der Waals surface area contributed by atoms with E-state index in [2.05, 4.69) is 25.1 Å². The Balaban J connectivity index is 1.91. The fraction of sp³-hybridized carbons (Fsp3) is 0.353. The van der Waals surface area contributed by atoms with E-state index in [1.165, 1.54) is 35.3 Å². The van der Waals surface area contributed by atoms with Crippen LogP contribution in [0.3, 0.4) is 0 Å². The van der Waals surface area contributed by atoms with Gasteiger partial charge in [0.2, 0.25) is 5.78 Å². The van der Waals surface area contributed by atoms with Crippen LogP contribution >= 0.6 is 11.3 Å². The zero-order chi connectivity index (χ0) is 13.2. The molecule has 2 aromatic rings. The summed E-state index contributed by atoms with van der Waals surface area (Å²) in [6.45, 7) is 2.12. The number of hydrogen-bond donors (Lipinski definition) is 0. The summed E-state index contributed by atoms with van der Waals surface area (Å²) < 4.78 is 0. The molecule has 0 saturated carbocycles. The number of carbonyl (C=O) groups is 1. The summed E-state index contributed by atoms with van der Waals surface area (Å²) in [4.78, 5) is 14.6. The lowest BCUT2D eigenvalue weighted by Gasteiger charge is -2.16. The minimum absolute atomic E-state index is 0.179. The van der Waals surface area contributed by atoms with E-state index >= 15 is 0 Å². The molecular formula is C17H18OS. The molecule has 0 atom stereocenters. The van der Waals surface area contributed by atoms with Crippen molar-refractivity contribution in [3.05, 3.63) is 56.8 Å². The second-order valence-electron chi connectivity index (χ2n) is 5.14. The Morgan fingerprint density at radius 1 is 1.11 bits per heavy atom. The van der Waals surface area contributed by atoms with Crippen LogP contribution in [0.2, 0.25) is 0 Å². The van der Waals surface area contributed by atoms with Gasteiger partial charge in [0.15, 0.2) is 0 Å². The number of thiophene rings is 1. The quantitative estimate of drug-likeness (QED) is 0.754. The first-order valence-electron chi connectivity index (χ1n) is 7.03. The lowest BCUT2D eigenvalue weighted by atomic mass is 9.89. The van der Waals surface area contributed by atoms with Gasteiger partial charge in [0.25, 0.3) is 0 Å². The van der Waals surface area contributed by atoms with Crippen molar-refractivity contribution >= 4 is 17.1 Å². The van der Waals surface area contributed by atoms with Crippen molar-refractivity contribution in [2.24, 2.45) is 0 Å². The number of benzene rings is 1. The van der Waals surface area contributed by atoms with Crippen LogP contribution in [-0.4, -0.2) is 5.78 Å². The molecule has 0 spiro atoms. The minimum atomic E-state index is 0.179. The van der Waals surface area contributed by atoms with Gasteiger partial charge in [-0.25, -0.2) is 0 Å². The van der Waals surface area contributed by atoms with Gasteiger partial charge in [-0.3, -0.25) is 4.79 Å². The summed E-state index contributed by atoms with van der Waals surface area (Å²) in [6.07, 6.45) is 5.83. The lowest BCUT2D eigenvalue weighted by molar-refractivity contribution is 0.104. The standard InChI is InChI=1S/C17H18OS/c1-2-15-9-10-16(19-15)17(18)14-8-7-12-5-3-4-6-13(12)11-14/h7-11H,2-6H2,1H3. The summed E-state index contributed by atoms with van der Waals surface area (Å²) in [5, 5.41) is 0. The number of hydrogen-bond acceptors (Lipinski definition) is 2. The van der Waals surface area contributed by atoms with Gasteiger partial charge < -0.3 is 0 Å². The first-order valence-corrected chi connectivity index (χ1v) is 7.85. The fourth-order valence-electron chi connectivity index (χ4n) is 2.71. The number of rotatable bonds is 3. The van der Waals surface area contributed by atoms with E-state index in [0.29, 0.717) is 0 Å². The molecule has 0 amide bonds. The van der Waals surface area contributed by atoms with Gasteiger partial charge in [0.1, 0.15) is 0 Å². The Labute approximate surface area is 118 Å². The van der Waals surface area contributed by atoms with Crippen molar-refractivity contribution in [1.29, 1.82) is 0 Å². The van der Waals surface area contributed by atoms with Crippen molar-refractivity contribution in [2.75, 3.05) is 0 Å². The number of aryl methyl sites for hydroxylation is 3. The van der Waals surface area contributed by atoms with E-state index in [9.17, 15) is 4.79 Å². The topological polar surface area (TPSA) is 17.1 Å². The van der Waals surface area contributed by atoms with E-state index in [4.69, 9.17) is 0 Å². The highest BCUT2D eigenvalue weighted by atomic mass is 32.1. The molecule has 2 heteroatoms. The average Bonchev–Trinajstić information content (AvgIpc) is 2.95. The Morgan fingerprint density at radius 3 is 2.63 bits per heavy atom. The van der Waals surface area contributed by atoms with Crippen LogP contribution in [0.25, 0.3) is 0 Å². The first kappa shape index (κ1) is 12.6. The van der Waals surface area contributed by atoms with E-state index in [1.807, 2.05) is 12.1 Å². The maximum absolute atomic E-state index is 12.5. The maximum Gasteiger partial charge on any atom is 0.202 e. The molecular weight excluding hydrogens is 252 g/mol.